The van der Waals surface area contributed by atoms with Crippen LogP contribution in [0.15, 0.2) is 85.1 Å². The molecule has 0 spiro atoms. The minimum Gasteiger partial charge on any atom is -0.495 e. The van der Waals surface area contributed by atoms with E-state index in [9.17, 15) is 0 Å². The molecule has 0 unspecified atom stereocenters. The molecule has 33 heavy (non-hydrogen) atoms. The van der Waals surface area contributed by atoms with E-state index in [0.29, 0.717) is 5.11 Å². The summed E-state index contributed by atoms with van der Waals surface area (Å²) in [5.41, 5.74) is 6.58. The molecule has 0 bridgehead atoms. The SMILES string of the molecule is COc1ccccc1N1C(=S)N[C@H](c2ccccn2)[C@H]1c1cc(C)n(-c2ccccc2)c1C. The van der Waals surface area contributed by atoms with Crippen molar-refractivity contribution < 1.29 is 4.74 Å². The Kier molecular flexibility index (Phi) is 5.60. The molecule has 6 heteroatoms. The molecular formula is C27H26N4OS. The summed E-state index contributed by atoms with van der Waals surface area (Å²) in [6, 6.07) is 26.5. The van der Waals surface area contributed by atoms with Crippen molar-refractivity contribution in [2.45, 2.75) is 25.9 Å². The van der Waals surface area contributed by atoms with Gasteiger partial charge in [0.15, 0.2) is 5.11 Å². The van der Waals surface area contributed by atoms with Crippen LogP contribution in [0.25, 0.3) is 5.69 Å². The molecule has 2 aromatic carbocycles. The topological polar surface area (TPSA) is 42.3 Å². The van der Waals surface area contributed by atoms with Crippen molar-refractivity contribution in [2.75, 3.05) is 12.0 Å². The second-order valence-electron chi connectivity index (χ2n) is 8.17. The number of hydrogen-bond donors (Lipinski definition) is 1. The summed E-state index contributed by atoms with van der Waals surface area (Å²) in [7, 11) is 1.69. The monoisotopic (exact) mass is 454 g/mol. The number of aryl methyl sites for hydroxylation is 1. The van der Waals surface area contributed by atoms with Crippen LogP contribution in [0, 0.1) is 13.8 Å². The predicted octanol–water partition coefficient (Wildman–Crippen LogP) is 5.67. The van der Waals surface area contributed by atoms with Gasteiger partial charge >= 0.3 is 0 Å². The Morgan fingerprint density at radius 2 is 1.67 bits per heavy atom. The number of para-hydroxylation sites is 3. The van der Waals surface area contributed by atoms with Gasteiger partial charge in [0.2, 0.25) is 0 Å². The second kappa shape index (κ2) is 8.71. The van der Waals surface area contributed by atoms with E-state index in [1.165, 1.54) is 17.0 Å². The lowest BCUT2D eigenvalue weighted by molar-refractivity contribution is 0.414. The summed E-state index contributed by atoms with van der Waals surface area (Å²) in [5, 5.41) is 4.20. The molecule has 0 saturated carbocycles. The molecule has 3 heterocycles. The van der Waals surface area contributed by atoms with Gasteiger partial charge in [-0.25, -0.2) is 0 Å². The fraction of sp³-hybridized carbons (Fsp3) is 0.185. The van der Waals surface area contributed by atoms with Crippen LogP contribution in [0.4, 0.5) is 5.69 Å². The van der Waals surface area contributed by atoms with Crippen LogP contribution in [0.1, 0.15) is 34.7 Å². The van der Waals surface area contributed by atoms with Gasteiger partial charge in [0.05, 0.1) is 30.6 Å². The highest BCUT2D eigenvalue weighted by atomic mass is 32.1. The molecule has 2 atom stereocenters. The number of hydrogen-bond acceptors (Lipinski definition) is 3. The van der Waals surface area contributed by atoms with Gasteiger partial charge in [-0.2, -0.15) is 0 Å². The van der Waals surface area contributed by atoms with Gasteiger partial charge in [0.25, 0.3) is 0 Å². The van der Waals surface area contributed by atoms with Gasteiger partial charge in [-0.05, 0) is 74.1 Å². The van der Waals surface area contributed by atoms with E-state index in [1.807, 2.05) is 42.6 Å². The number of methoxy groups -OCH3 is 1. The molecule has 1 aliphatic heterocycles. The van der Waals surface area contributed by atoms with Crippen LogP contribution < -0.4 is 15.0 Å². The van der Waals surface area contributed by atoms with Crippen molar-refractivity contribution in [1.29, 1.82) is 0 Å². The quantitative estimate of drug-likeness (QED) is 0.393. The minimum absolute atomic E-state index is 0.0904. The minimum atomic E-state index is -0.103. The summed E-state index contributed by atoms with van der Waals surface area (Å²) < 4.78 is 8.01. The first-order chi connectivity index (χ1) is 16.1. The fourth-order valence-corrected chi connectivity index (χ4v) is 5.16. The van der Waals surface area contributed by atoms with E-state index < -0.39 is 0 Å². The first-order valence-electron chi connectivity index (χ1n) is 11.0. The molecule has 166 valence electrons. The number of anilines is 1. The molecule has 1 N–H and O–H groups in total. The molecule has 1 fully saturated rings. The molecule has 0 amide bonds. The number of pyridine rings is 1. The number of benzene rings is 2. The number of nitrogens with zero attached hydrogens (tertiary/aromatic N) is 3. The highest BCUT2D eigenvalue weighted by Gasteiger charge is 2.43. The number of rotatable bonds is 5. The Labute approximate surface area is 199 Å². The summed E-state index contributed by atoms with van der Waals surface area (Å²) in [6.45, 7) is 4.32. The highest BCUT2D eigenvalue weighted by molar-refractivity contribution is 7.80. The average Bonchev–Trinajstić information content (AvgIpc) is 3.35. The third-order valence-corrected chi connectivity index (χ3v) is 6.56. The normalized spacial score (nSPS) is 17.8. The van der Waals surface area contributed by atoms with Crippen molar-refractivity contribution in [3.8, 4) is 11.4 Å². The lowest BCUT2D eigenvalue weighted by Gasteiger charge is -2.29. The van der Waals surface area contributed by atoms with Crippen LogP contribution in [-0.4, -0.2) is 21.8 Å². The maximum absolute atomic E-state index is 5.89. The van der Waals surface area contributed by atoms with E-state index >= 15 is 0 Å². The molecule has 0 radical (unpaired) electrons. The van der Waals surface area contributed by atoms with E-state index in [2.05, 4.69) is 76.1 Å². The van der Waals surface area contributed by atoms with Gasteiger partial charge in [0.1, 0.15) is 5.75 Å². The highest BCUT2D eigenvalue weighted by Crippen LogP contribution is 2.46. The zero-order chi connectivity index (χ0) is 22.9. The molecule has 5 nitrogen and oxygen atoms in total. The number of aromatic nitrogens is 2. The lowest BCUT2D eigenvalue weighted by Crippen LogP contribution is -2.30. The number of thiocarbonyl (C=S) groups is 1. The van der Waals surface area contributed by atoms with E-state index in [4.69, 9.17) is 17.0 Å². The Morgan fingerprint density at radius 3 is 2.39 bits per heavy atom. The van der Waals surface area contributed by atoms with Crippen molar-refractivity contribution in [3.05, 3.63) is 108 Å². The second-order valence-corrected chi connectivity index (χ2v) is 8.55. The zero-order valence-corrected chi connectivity index (χ0v) is 19.7. The maximum atomic E-state index is 5.89. The van der Waals surface area contributed by atoms with Crippen LogP contribution in [-0.2, 0) is 0 Å². The van der Waals surface area contributed by atoms with Crippen LogP contribution in [0.5, 0.6) is 5.75 Å². The molecule has 1 saturated heterocycles. The predicted molar refractivity (Wildman–Crippen MR) is 136 cm³/mol. The fourth-order valence-electron chi connectivity index (χ4n) is 4.82. The zero-order valence-electron chi connectivity index (χ0n) is 18.9. The largest absolute Gasteiger partial charge is 0.495 e. The first-order valence-corrected chi connectivity index (χ1v) is 11.4. The van der Waals surface area contributed by atoms with Gasteiger partial charge in [-0.3, -0.25) is 4.98 Å². The summed E-state index contributed by atoms with van der Waals surface area (Å²) in [4.78, 5) is 6.84. The van der Waals surface area contributed by atoms with Gasteiger partial charge in [0, 0.05) is 23.3 Å². The van der Waals surface area contributed by atoms with Crippen molar-refractivity contribution in [2.24, 2.45) is 0 Å². The lowest BCUT2D eigenvalue weighted by atomic mass is 9.96. The van der Waals surface area contributed by atoms with Gasteiger partial charge in [-0.1, -0.05) is 36.4 Å². The van der Waals surface area contributed by atoms with Crippen molar-refractivity contribution >= 4 is 23.0 Å². The van der Waals surface area contributed by atoms with E-state index in [0.717, 1.165) is 22.8 Å². The average molecular weight is 455 g/mol. The summed E-state index contributed by atoms with van der Waals surface area (Å²) >= 11 is 5.89. The van der Waals surface area contributed by atoms with Crippen LogP contribution in [0.3, 0.4) is 0 Å². The van der Waals surface area contributed by atoms with Crippen LogP contribution in [0.2, 0.25) is 0 Å². The van der Waals surface area contributed by atoms with Crippen molar-refractivity contribution in [1.82, 2.24) is 14.9 Å². The van der Waals surface area contributed by atoms with E-state index in [-0.39, 0.29) is 12.1 Å². The van der Waals surface area contributed by atoms with E-state index in [1.54, 1.807) is 7.11 Å². The maximum Gasteiger partial charge on any atom is 0.174 e. The Hall–Kier alpha value is -3.64. The Morgan fingerprint density at radius 1 is 0.939 bits per heavy atom. The number of ether oxygens (including phenoxy) is 1. The Bertz CT molecular complexity index is 1290. The third-order valence-electron chi connectivity index (χ3n) is 6.25. The molecule has 1 aliphatic rings. The molecular weight excluding hydrogens is 428 g/mol. The standard InChI is InChI=1S/C27H26N4OS/c1-18-17-21(19(2)30(18)20-11-5-4-6-12-20)26-25(22-13-9-10-16-28-22)29-27(33)31(26)23-14-7-8-15-24(23)32-3/h4-17,25-26H,1-3H3,(H,29,33)/t25-,26-/m1/s1. The summed E-state index contributed by atoms with van der Waals surface area (Å²) in [6.07, 6.45) is 1.83. The molecule has 0 aliphatic carbocycles. The van der Waals surface area contributed by atoms with Gasteiger partial charge < -0.3 is 19.5 Å². The Balaban J connectivity index is 1.71. The molecule has 5 rings (SSSR count). The van der Waals surface area contributed by atoms with Crippen LogP contribution >= 0.6 is 12.2 Å². The molecule has 4 aromatic rings. The third kappa shape index (κ3) is 3.66. The number of nitrogens with one attached hydrogen (secondary N) is 1. The first kappa shape index (κ1) is 21.2. The smallest absolute Gasteiger partial charge is 0.174 e. The summed E-state index contributed by atoms with van der Waals surface area (Å²) in [5.74, 6) is 0.783. The van der Waals surface area contributed by atoms with Gasteiger partial charge in [-0.15, -0.1) is 0 Å². The van der Waals surface area contributed by atoms with Crippen molar-refractivity contribution in [3.63, 3.8) is 0 Å². The molecule has 2 aromatic heterocycles.